The molecular weight excluding hydrogens is 252 g/mol. The van der Waals surface area contributed by atoms with Crippen LogP contribution in [0.3, 0.4) is 0 Å². The fraction of sp³-hybridized carbons (Fsp3) is 0.312. The third-order valence-corrected chi connectivity index (χ3v) is 3.16. The summed E-state index contributed by atoms with van der Waals surface area (Å²) in [5.41, 5.74) is 2.24. The molecule has 4 heteroatoms. The van der Waals surface area contributed by atoms with E-state index in [1.165, 1.54) is 12.8 Å². The van der Waals surface area contributed by atoms with Gasteiger partial charge in [0.2, 0.25) is 0 Å². The average Bonchev–Trinajstić information content (AvgIpc) is 2.48. The number of carboxylic acid groups (broad SMARTS) is 1. The predicted molar refractivity (Wildman–Crippen MR) is 77.7 cm³/mol. The first-order valence-corrected chi connectivity index (χ1v) is 6.85. The van der Waals surface area contributed by atoms with Gasteiger partial charge in [0, 0.05) is 18.0 Å². The first kappa shape index (κ1) is 14.2. The van der Waals surface area contributed by atoms with Crippen LogP contribution in [-0.4, -0.2) is 21.0 Å². The molecule has 0 saturated heterocycles. The summed E-state index contributed by atoms with van der Waals surface area (Å²) in [6.45, 7) is 2.18. The fourth-order valence-electron chi connectivity index (χ4n) is 1.97. The lowest BCUT2D eigenvalue weighted by Crippen LogP contribution is -1.96. The Morgan fingerprint density at radius 3 is 2.30 bits per heavy atom. The normalized spacial score (nSPS) is 10.4. The van der Waals surface area contributed by atoms with Crippen LogP contribution in [0, 0.1) is 0 Å². The zero-order valence-corrected chi connectivity index (χ0v) is 11.5. The Bertz CT molecular complexity index is 562. The number of nitrogens with zero attached hydrogens (tertiary/aromatic N) is 2. The largest absolute Gasteiger partial charge is 0.478 e. The van der Waals surface area contributed by atoms with E-state index >= 15 is 0 Å². The average molecular weight is 270 g/mol. The second-order valence-corrected chi connectivity index (χ2v) is 4.75. The van der Waals surface area contributed by atoms with Gasteiger partial charge in [0.1, 0.15) is 0 Å². The molecular formula is C16H18N2O2. The van der Waals surface area contributed by atoms with E-state index in [2.05, 4.69) is 16.9 Å². The van der Waals surface area contributed by atoms with Crippen molar-refractivity contribution >= 4 is 5.97 Å². The Labute approximate surface area is 118 Å². The SMILES string of the molecule is CCCCCc1cnc(-c2ccc(C(=O)O)cc2)nc1. The molecule has 0 aliphatic heterocycles. The number of carbonyl (C=O) groups is 1. The molecule has 4 nitrogen and oxygen atoms in total. The minimum atomic E-state index is -0.927. The van der Waals surface area contributed by atoms with Crippen LogP contribution in [0.2, 0.25) is 0 Å². The van der Waals surface area contributed by atoms with Gasteiger partial charge in [-0.3, -0.25) is 0 Å². The molecule has 104 valence electrons. The molecule has 1 aromatic heterocycles. The maximum atomic E-state index is 10.8. The molecule has 0 saturated carbocycles. The van der Waals surface area contributed by atoms with Gasteiger partial charge in [-0.05, 0) is 30.5 Å². The van der Waals surface area contributed by atoms with Gasteiger partial charge in [-0.25, -0.2) is 14.8 Å². The molecule has 0 spiro atoms. The van der Waals surface area contributed by atoms with E-state index in [1.807, 2.05) is 12.4 Å². The number of benzene rings is 1. The summed E-state index contributed by atoms with van der Waals surface area (Å²) in [6, 6.07) is 6.59. The Kier molecular flexibility index (Phi) is 4.82. The van der Waals surface area contributed by atoms with Crippen molar-refractivity contribution in [1.29, 1.82) is 0 Å². The summed E-state index contributed by atoms with van der Waals surface area (Å²) >= 11 is 0. The highest BCUT2D eigenvalue weighted by Gasteiger charge is 2.05. The van der Waals surface area contributed by atoms with Gasteiger partial charge in [-0.2, -0.15) is 0 Å². The van der Waals surface area contributed by atoms with Gasteiger partial charge in [-0.1, -0.05) is 31.9 Å². The molecule has 1 aromatic carbocycles. The number of hydrogen-bond acceptors (Lipinski definition) is 3. The maximum absolute atomic E-state index is 10.8. The molecule has 0 aliphatic rings. The number of aryl methyl sites for hydroxylation is 1. The second-order valence-electron chi connectivity index (χ2n) is 4.75. The number of aromatic nitrogens is 2. The number of aromatic carboxylic acids is 1. The highest BCUT2D eigenvalue weighted by Crippen LogP contribution is 2.16. The quantitative estimate of drug-likeness (QED) is 0.815. The molecule has 1 heterocycles. The van der Waals surface area contributed by atoms with Crippen molar-refractivity contribution in [3.05, 3.63) is 47.8 Å². The molecule has 2 rings (SSSR count). The van der Waals surface area contributed by atoms with Crippen molar-refractivity contribution in [1.82, 2.24) is 9.97 Å². The van der Waals surface area contributed by atoms with Gasteiger partial charge in [0.05, 0.1) is 5.56 Å². The van der Waals surface area contributed by atoms with Crippen molar-refractivity contribution in [2.45, 2.75) is 32.6 Å². The highest BCUT2D eigenvalue weighted by molar-refractivity contribution is 5.88. The van der Waals surface area contributed by atoms with Crippen LogP contribution in [0.5, 0.6) is 0 Å². The Balaban J connectivity index is 2.07. The van der Waals surface area contributed by atoms with Gasteiger partial charge < -0.3 is 5.11 Å². The molecule has 0 bridgehead atoms. The van der Waals surface area contributed by atoms with Crippen molar-refractivity contribution in [2.75, 3.05) is 0 Å². The zero-order chi connectivity index (χ0) is 14.4. The Hall–Kier alpha value is -2.23. The highest BCUT2D eigenvalue weighted by atomic mass is 16.4. The van der Waals surface area contributed by atoms with E-state index in [1.54, 1.807) is 24.3 Å². The van der Waals surface area contributed by atoms with E-state index in [0.29, 0.717) is 5.82 Å². The molecule has 0 aliphatic carbocycles. The van der Waals surface area contributed by atoms with Gasteiger partial charge in [-0.15, -0.1) is 0 Å². The standard InChI is InChI=1S/C16H18N2O2/c1-2-3-4-5-12-10-17-15(18-11-12)13-6-8-14(9-7-13)16(19)20/h6-11H,2-5H2,1H3,(H,19,20). The third kappa shape index (κ3) is 3.63. The third-order valence-electron chi connectivity index (χ3n) is 3.16. The van der Waals surface area contributed by atoms with Gasteiger partial charge in [0.15, 0.2) is 5.82 Å². The summed E-state index contributed by atoms with van der Waals surface area (Å²) in [7, 11) is 0. The smallest absolute Gasteiger partial charge is 0.335 e. The van der Waals surface area contributed by atoms with E-state index in [0.717, 1.165) is 24.0 Å². The lowest BCUT2D eigenvalue weighted by atomic mass is 10.1. The molecule has 2 aromatic rings. The number of carboxylic acids is 1. The minimum Gasteiger partial charge on any atom is -0.478 e. The van der Waals surface area contributed by atoms with Gasteiger partial charge >= 0.3 is 5.97 Å². The van der Waals surface area contributed by atoms with Crippen LogP contribution < -0.4 is 0 Å². The molecule has 0 radical (unpaired) electrons. The van der Waals surface area contributed by atoms with Crippen LogP contribution in [0.4, 0.5) is 0 Å². The minimum absolute atomic E-state index is 0.268. The molecule has 1 N–H and O–H groups in total. The van der Waals surface area contributed by atoms with Crippen molar-refractivity contribution in [3.8, 4) is 11.4 Å². The lowest BCUT2D eigenvalue weighted by Gasteiger charge is -2.03. The van der Waals surface area contributed by atoms with E-state index in [4.69, 9.17) is 5.11 Å². The van der Waals surface area contributed by atoms with Crippen LogP contribution in [0.1, 0.15) is 42.1 Å². The summed E-state index contributed by atoms with van der Waals surface area (Å²) in [5.74, 6) is -0.301. The second kappa shape index (κ2) is 6.80. The molecule has 20 heavy (non-hydrogen) atoms. The molecule has 0 unspecified atom stereocenters. The topological polar surface area (TPSA) is 63.1 Å². The van der Waals surface area contributed by atoms with Crippen molar-refractivity contribution in [2.24, 2.45) is 0 Å². The fourth-order valence-corrected chi connectivity index (χ4v) is 1.97. The molecule has 0 fully saturated rings. The predicted octanol–water partition coefficient (Wildman–Crippen LogP) is 3.57. The molecule has 0 atom stereocenters. The lowest BCUT2D eigenvalue weighted by molar-refractivity contribution is 0.0697. The number of rotatable bonds is 6. The van der Waals surface area contributed by atoms with Gasteiger partial charge in [0.25, 0.3) is 0 Å². The Morgan fingerprint density at radius 1 is 1.10 bits per heavy atom. The molecule has 0 amide bonds. The summed E-state index contributed by atoms with van der Waals surface area (Å²) in [6.07, 6.45) is 8.29. The van der Waals surface area contributed by atoms with Crippen molar-refractivity contribution in [3.63, 3.8) is 0 Å². The zero-order valence-electron chi connectivity index (χ0n) is 11.5. The maximum Gasteiger partial charge on any atom is 0.335 e. The first-order chi connectivity index (χ1) is 9.70. The summed E-state index contributed by atoms with van der Waals surface area (Å²) in [4.78, 5) is 19.5. The summed E-state index contributed by atoms with van der Waals surface area (Å²) < 4.78 is 0. The number of unbranched alkanes of at least 4 members (excludes halogenated alkanes) is 2. The number of hydrogen-bond donors (Lipinski definition) is 1. The van der Waals surface area contributed by atoms with Crippen LogP contribution in [0.25, 0.3) is 11.4 Å². The van der Waals surface area contributed by atoms with Crippen LogP contribution in [0.15, 0.2) is 36.7 Å². The van der Waals surface area contributed by atoms with E-state index < -0.39 is 5.97 Å². The van der Waals surface area contributed by atoms with Crippen LogP contribution >= 0.6 is 0 Å². The Morgan fingerprint density at radius 2 is 1.75 bits per heavy atom. The monoisotopic (exact) mass is 270 g/mol. The first-order valence-electron chi connectivity index (χ1n) is 6.85. The van der Waals surface area contributed by atoms with E-state index in [-0.39, 0.29) is 5.56 Å². The van der Waals surface area contributed by atoms with Crippen LogP contribution in [-0.2, 0) is 6.42 Å². The van der Waals surface area contributed by atoms with E-state index in [9.17, 15) is 4.79 Å². The van der Waals surface area contributed by atoms with Crippen molar-refractivity contribution < 1.29 is 9.90 Å². The summed E-state index contributed by atoms with van der Waals surface area (Å²) in [5, 5.41) is 8.85.